The van der Waals surface area contributed by atoms with E-state index in [-0.39, 0.29) is 12.8 Å². The van der Waals surface area contributed by atoms with Crippen molar-refractivity contribution >= 4 is 28.4 Å². The largest absolute Gasteiger partial charge is 0.467 e. The van der Waals surface area contributed by atoms with Gasteiger partial charge >= 0.3 is 12.1 Å². The van der Waals surface area contributed by atoms with E-state index < -0.39 is 18.2 Å². The van der Waals surface area contributed by atoms with Crippen LogP contribution in [0.1, 0.15) is 30.5 Å². The first-order valence-corrected chi connectivity index (χ1v) is 15.5. The zero-order chi connectivity index (χ0) is 30.4. The molecular formula is C32H40N6O6. The van der Waals surface area contributed by atoms with Crippen molar-refractivity contribution in [3.63, 3.8) is 0 Å². The standard InChI is InChI=1S/C32H40N6O6/c1-35-10-5-7-21(35)18-43-31-33-26-16-36(27-14-23(44-19-42-2)12-20-6-3-4-8-24(20)27)11-9-25(26)30(34-31)37-15-22-13-29(39)28(17-37)38(22)32(40)41/h3-4,6,8,12,14,21-22,28-29,39H,5,7,9-11,13,15-19H2,1-2H3,(H,40,41)/t21?,22-,28-,29-/m1/s1. The van der Waals surface area contributed by atoms with Gasteiger partial charge in [-0.3, -0.25) is 4.90 Å². The Bertz CT molecular complexity index is 1540. The number of fused-ring (bicyclic) bond motifs is 4. The summed E-state index contributed by atoms with van der Waals surface area (Å²) in [6.07, 6.45) is 1.70. The van der Waals surface area contributed by atoms with Crippen molar-refractivity contribution in [3.8, 4) is 11.8 Å². The van der Waals surface area contributed by atoms with Crippen LogP contribution in [0.5, 0.6) is 11.8 Å². The number of hydrogen-bond donors (Lipinski definition) is 2. The van der Waals surface area contributed by atoms with Crippen LogP contribution in [-0.4, -0.2) is 114 Å². The quantitative estimate of drug-likeness (QED) is 0.369. The average molecular weight is 605 g/mol. The van der Waals surface area contributed by atoms with E-state index in [1.54, 1.807) is 7.11 Å². The van der Waals surface area contributed by atoms with E-state index in [0.29, 0.717) is 51.1 Å². The lowest BCUT2D eigenvalue weighted by atomic mass is 10.0. The van der Waals surface area contributed by atoms with Crippen molar-refractivity contribution in [2.24, 2.45) is 0 Å². The Hall–Kier alpha value is -3.87. The molecule has 4 atom stereocenters. The third-order valence-corrected chi connectivity index (χ3v) is 9.66. The monoisotopic (exact) mass is 604 g/mol. The van der Waals surface area contributed by atoms with Gasteiger partial charge in [-0.1, -0.05) is 24.3 Å². The molecule has 12 heteroatoms. The SMILES string of the molecule is COCOc1cc(N2CCc3c(nc(OCC4CCCN4C)nc3N3C[C@H]4C[C@@H](O)[C@@H](C3)N4C(=O)O)C2)c2ccccc2c1. The van der Waals surface area contributed by atoms with Crippen molar-refractivity contribution in [2.45, 2.75) is 56.5 Å². The molecule has 12 nitrogen and oxygen atoms in total. The minimum absolute atomic E-state index is 0.167. The number of nitrogens with zero attached hydrogens (tertiary/aromatic N) is 6. The number of benzene rings is 2. The Kier molecular flexibility index (Phi) is 7.81. The molecule has 2 bridgehead atoms. The molecule has 234 valence electrons. The predicted octanol–water partition coefficient (Wildman–Crippen LogP) is 2.95. The molecule has 2 aromatic carbocycles. The number of ether oxygens (including phenoxy) is 3. The summed E-state index contributed by atoms with van der Waals surface area (Å²) in [7, 11) is 3.73. The van der Waals surface area contributed by atoms with E-state index in [1.807, 2.05) is 18.2 Å². The van der Waals surface area contributed by atoms with E-state index in [1.165, 1.54) is 4.90 Å². The highest BCUT2D eigenvalue weighted by atomic mass is 16.7. The van der Waals surface area contributed by atoms with Crippen molar-refractivity contribution in [1.82, 2.24) is 19.8 Å². The zero-order valence-corrected chi connectivity index (χ0v) is 25.3. The third kappa shape index (κ3) is 5.35. The van der Waals surface area contributed by atoms with Crippen LogP contribution in [0.4, 0.5) is 16.3 Å². The van der Waals surface area contributed by atoms with Crippen LogP contribution in [0.2, 0.25) is 0 Å². The summed E-state index contributed by atoms with van der Waals surface area (Å²) in [5.41, 5.74) is 3.02. The Morgan fingerprint density at radius 2 is 1.95 bits per heavy atom. The lowest BCUT2D eigenvalue weighted by Gasteiger charge is -2.41. The molecule has 0 saturated carbocycles. The minimum atomic E-state index is -0.981. The van der Waals surface area contributed by atoms with Gasteiger partial charge in [0.05, 0.1) is 30.4 Å². The van der Waals surface area contributed by atoms with Gasteiger partial charge in [-0.05, 0) is 50.7 Å². The Morgan fingerprint density at radius 1 is 1.09 bits per heavy atom. The summed E-state index contributed by atoms with van der Waals surface area (Å²) in [6, 6.07) is 12.3. The van der Waals surface area contributed by atoms with Gasteiger partial charge in [-0.2, -0.15) is 9.97 Å². The molecule has 5 heterocycles. The molecule has 7 rings (SSSR count). The summed E-state index contributed by atoms with van der Waals surface area (Å²) in [5.74, 6) is 1.53. The maximum absolute atomic E-state index is 12.0. The Labute approximate surface area is 256 Å². The summed E-state index contributed by atoms with van der Waals surface area (Å²) >= 11 is 0. The second-order valence-electron chi connectivity index (χ2n) is 12.3. The number of aromatic nitrogens is 2. The lowest BCUT2D eigenvalue weighted by Crippen LogP contribution is -2.57. The van der Waals surface area contributed by atoms with Gasteiger partial charge in [-0.25, -0.2) is 4.79 Å². The molecule has 4 aliphatic heterocycles. The van der Waals surface area contributed by atoms with Crippen LogP contribution < -0.4 is 19.3 Å². The minimum Gasteiger partial charge on any atom is -0.467 e. The Balaban J connectivity index is 1.23. The van der Waals surface area contributed by atoms with Crippen LogP contribution in [0.25, 0.3) is 10.8 Å². The van der Waals surface area contributed by atoms with Crippen molar-refractivity contribution in [3.05, 3.63) is 47.7 Å². The number of likely N-dealkylation sites (N-methyl/N-ethyl adjacent to an activating group) is 1. The number of aliphatic hydroxyl groups is 1. The molecule has 1 aromatic heterocycles. The van der Waals surface area contributed by atoms with Gasteiger partial charge in [0.15, 0.2) is 6.79 Å². The summed E-state index contributed by atoms with van der Waals surface area (Å²) < 4.78 is 17.3. The van der Waals surface area contributed by atoms with Gasteiger partial charge in [0, 0.05) is 55.5 Å². The number of aliphatic hydroxyl groups excluding tert-OH is 1. The fourth-order valence-corrected chi connectivity index (χ4v) is 7.42. The fraction of sp³-hybridized carbons (Fsp3) is 0.531. The van der Waals surface area contributed by atoms with Gasteiger partial charge in [-0.15, -0.1) is 0 Å². The molecule has 0 spiro atoms. The van der Waals surface area contributed by atoms with E-state index in [9.17, 15) is 15.0 Å². The van der Waals surface area contributed by atoms with Gasteiger partial charge < -0.3 is 39.1 Å². The van der Waals surface area contributed by atoms with Crippen molar-refractivity contribution < 1.29 is 29.2 Å². The number of carbonyl (C=O) groups is 1. The highest BCUT2D eigenvalue weighted by molar-refractivity contribution is 5.95. The molecule has 1 amide bonds. The first-order chi connectivity index (χ1) is 21.4. The smallest absolute Gasteiger partial charge is 0.408 e. The predicted molar refractivity (Wildman–Crippen MR) is 165 cm³/mol. The molecule has 1 unspecified atom stereocenters. The van der Waals surface area contributed by atoms with E-state index >= 15 is 0 Å². The fourth-order valence-electron chi connectivity index (χ4n) is 7.42. The lowest BCUT2D eigenvalue weighted by molar-refractivity contribution is 0.0512. The number of hydrogen-bond acceptors (Lipinski definition) is 10. The maximum atomic E-state index is 12.0. The molecule has 4 aliphatic rings. The summed E-state index contributed by atoms with van der Waals surface area (Å²) in [6.45, 7) is 3.90. The van der Waals surface area contributed by atoms with Crippen LogP contribution >= 0.6 is 0 Å². The second-order valence-corrected chi connectivity index (χ2v) is 12.3. The number of rotatable bonds is 8. The third-order valence-electron chi connectivity index (χ3n) is 9.66. The molecule has 3 fully saturated rings. The van der Waals surface area contributed by atoms with E-state index in [2.05, 4.69) is 39.9 Å². The van der Waals surface area contributed by atoms with Gasteiger partial charge in [0.2, 0.25) is 0 Å². The van der Waals surface area contributed by atoms with Crippen LogP contribution in [0.15, 0.2) is 36.4 Å². The normalized spacial score (nSPS) is 25.0. The number of piperazine rings is 1. The maximum Gasteiger partial charge on any atom is 0.408 e. The van der Waals surface area contributed by atoms with Crippen molar-refractivity contribution in [2.75, 3.05) is 63.5 Å². The summed E-state index contributed by atoms with van der Waals surface area (Å²) in [4.78, 5) is 30.1. The average Bonchev–Trinajstić information content (AvgIpc) is 3.53. The molecule has 0 radical (unpaired) electrons. The number of amides is 1. The van der Waals surface area contributed by atoms with E-state index in [0.717, 1.165) is 65.2 Å². The molecule has 0 aliphatic carbocycles. The Morgan fingerprint density at radius 3 is 2.73 bits per heavy atom. The van der Waals surface area contributed by atoms with E-state index in [4.69, 9.17) is 24.2 Å². The summed E-state index contributed by atoms with van der Waals surface area (Å²) in [5, 5.41) is 22.8. The topological polar surface area (TPSA) is 124 Å². The molecule has 44 heavy (non-hydrogen) atoms. The number of methoxy groups -OCH3 is 1. The van der Waals surface area contributed by atoms with Crippen molar-refractivity contribution in [1.29, 1.82) is 0 Å². The number of anilines is 2. The number of likely N-dealkylation sites (tertiary alicyclic amines) is 1. The van der Waals surface area contributed by atoms with Gasteiger partial charge in [0.25, 0.3) is 0 Å². The highest BCUT2D eigenvalue weighted by Crippen LogP contribution is 2.39. The number of carboxylic acid groups (broad SMARTS) is 1. The van der Waals surface area contributed by atoms with Crippen LogP contribution in [0, 0.1) is 0 Å². The van der Waals surface area contributed by atoms with Gasteiger partial charge in [0.1, 0.15) is 18.2 Å². The molecular weight excluding hydrogens is 564 g/mol. The molecule has 3 aromatic rings. The first kappa shape index (κ1) is 28.9. The first-order valence-electron chi connectivity index (χ1n) is 15.5. The zero-order valence-electron chi connectivity index (χ0n) is 25.3. The van der Waals surface area contributed by atoms with Crippen LogP contribution in [-0.2, 0) is 17.7 Å². The second kappa shape index (κ2) is 11.9. The molecule has 2 N–H and O–H groups in total. The molecule has 3 saturated heterocycles. The van der Waals surface area contributed by atoms with Crippen LogP contribution in [0.3, 0.4) is 0 Å². The highest BCUT2D eigenvalue weighted by Gasteiger charge is 2.49.